The molecule has 1 aromatic heterocycles. The molecule has 1 aliphatic rings. The van der Waals surface area contributed by atoms with Crippen LogP contribution in [0.1, 0.15) is 11.1 Å². The molecule has 0 aliphatic carbocycles. The molecule has 0 radical (unpaired) electrons. The van der Waals surface area contributed by atoms with Gasteiger partial charge in [0.1, 0.15) is 17.2 Å². The molecule has 1 aromatic carbocycles. The first-order chi connectivity index (χ1) is 12.8. The first-order valence-electron chi connectivity index (χ1n) is 8.31. The van der Waals surface area contributed by atoms with Crippen molar-refractivity contribution in [3.05, 3.63) is 35.3 Å². The van der Waals surface area contributed by atoms with E-state index in [0.29, 0.717) is 32.5 Å². The molecule has 27 heavy (non-hydrogen) atoms. The SMILES string of the molecule is CNc1nc(Nc2cc(C)c(N3CCOCC3)cc2F)ncc1C(F)(F)F. The topological polar surface area (TPSA) is 62.3 Å². The number of aromatic nitrogens is 2. The van der Waals surface area contributed by atoms with E-state index in [4.69, 9.17) is 4.74 Å². The molecule has 2 aromatic rings. The van der Waals surface area contributed by atoms with Gasteiger partial charge in [0.2, 0.25) is 5.95 Å². The molecular weight excluding hydrogens is 366 g/mol. The van der Waals surface area contributed by atoms with Crippen molar-refractivity contribution in [3.63, 3.8) is 0 Å². The molecule has 3 rings (SSSR count). The van der Waals surface area contributed by atoms with E-state index in [9.17, 15) is 17.6 Å². The molecule has 1 aliphatic heterocycles. The Labute approximate surface area is 153 Å². The van der Waals surface area contributed by atoms with E-state index in [1.54, 1.807) is 6.07 Å². The van der Waals surface area contributed by atoms with Crippen molar-refractivity contribution in [2.75, 3.05) is 48.9 Å². The van der Waals surface area contributed by atoms with Crippen molar-refractivity contribution in [1.82, 2.24) is 9.97 Å². The van der Waals surface area contributed by atoms with Gasteiger partial charge >= 0.3 is 6.18 Å². The lowest BCUT2D eigenvalue weighted by atomic mass is 10.1. The summed E-state index contributed by atoms with van der Waals surface area (Å²) in [6.45, 7) is 4.32. The molecule has 1 fully saturated rings. The van der Waals surface area contributed by atoms with Crippen LogP contribution in [0, 0.1) is 12.7 Å². The minimum absolute atomic E-state index is 0.0892. The van der Waals surface area contributed by atoms with E-state index in [2.05, 4.69) is 20.6 Å². The third kappa shape index (κ3) is 4.21. The molecule has 0 spiro atoms. The first-order valence-corrected chi connectivity index (χ1v) is 8.31. The summed E-state index contributed by atoms with van der Waals surface area (Å²) in [5, 5.41) is 5.03. The van der Waals surface area contributed by atoms with Crippen LogP contribution in [-0.2, 0) is 10.9 Å². The Balaban J connectivity index is 1.86. The van der Waals surface area contributed by atoms with Gasteiger partial charge in [-0.05, 0) is 24.6 Å². The molecule has 6 nitrogen and oxygen atoms in total. The Kier molecular flexibility index (Phi) is 5.36. The van der Waals surface area contributed by atoms with Crippen LogP contribution in [0.4, 0.5) is 40.7 Å². The van der Waals surface area contributed by atoms with E-state index in [0.717, 1.165) is 11.3 Å². The van der Waals surface area contributed by atoms with Crippen LogP contribution in [0.3, 0.4) is 0 Å². The lowest BCUT2D eigenvalue weighted by Gasteiger charge is -2.30. The largest absolute Gasteiger partial charge is 0.421 e. The minimum Gasteiger partial charge on any atom is -0.378 e. The van der Waals surface area contributed by atoms with Crippen LogP contribution in [-0.4, -0.2) is 43.3 Å². The van der Waals surface area contributed by atoms with Crippen LogP contribution in [0.2, 0.25) is 0 Å². The zero-order valence-electron chi connectivity index (χ0n) is 14.8. The Bertz CT molecular complexity index is 822. The van der Waals surface area contributed by atoms with Crippen LogP contribution in [0.15, 0.2) is 18.3 Å². The average Bonchev–Trinajstić information content (AvgIpc) is 2.64. The molecule has 0 amide bonds. The van der Waals surface area contributed by atoms with Gasteiger partial charge in [0.15, 0.2) is 0 Å². The highest BCUT2D eigenvalue weighted by Crippen LogP contribution is 2.34. The molecule has 2 N–H and O–H groups in total. The summed E-state index contributed by atoms with van der Waals surface area (Å²) in [4.78, 5) is 9.47. The molecule has 10 heteroatoms. The number of aryl methyl sites for hydroxylation is 1. The fourth-order valence-corrected chi connectivity index (χ4v) is 2.87. The maximum Gasteiger partial charge on any atom is 0.421 e. The fraction of sp³-hybridized carbons (Fsp3) is 0.412. The normalized spacial score (nSPS) is 15.0. The van der Waals surface area contributed by atoms with Crippen LogP contribution >= 0.6 is 0 Å². The summed E-state index contributed by atoms with van der Waals surface area (Å²) < 4.78 is 58.6. The Morgan fingerprint density at radius 1 is 1.19 bits per heavy atom. The van der Waals surface area contributed by atoms with Crippen molar-refractivity contribution in [3.8, 4) is 0 Å². The van der Waals surface area contributed by atoms with Gasteiger partial charge in [0, 0.05) is 32.0 Å². The Hall–Kier alpha value is -2.62. The monoisotopic (exact) mass is 385 g/mol. The van der Waals surface area contributed by atoms with Crippen molar-refractivity contribution in [1.29, 1.82) is 0 Å². The maximum atomic E-state index is 14.6. The summed E-state index contributed by atoms with van der Waals surface area (Å²) in [6.07, 6.45) is -3.92. The summed E-state index contributed by atoms with van der Waals surface area (Å²) >= 11 is 0. The van der Waals surface area contributed by atoms with Crippen molar-refractivity contribution in [2.24, 2.45) is 0 Å². The van der Waals surface area contributed by atoms with Crippen molar-refractivity contribution < 1.29 is 22.3 Å². The third-order valence-corrected chi connectivity index (χ3v) is 4.21. The number of hydrogen-bond donors (Lipinski definition) is 2. The van der Waals surface area contributed by atoms with Crippen LogP contribution < -0.4 is 15.5 Å². The van der Waals surface area contributed by atoms with Gasteiger partial charge in [0.25, 0.3) is 0 Å². The van der Waals surface area contributed by atoms with Crippen molar-refractivity contribution in [2.45, 2.75) is 13.1 Å². The molecule has 0 unspecified atom stereocenters. The number of anilines is 4. The van der Waals surface area contributed by atoms with E-state index in [1.165, 1.54) is 13.1 Å². The minimum atomic E-state index is -4.58. The van der Waals surface area contributed by atoms with Gasteiger partial charge in [-0.1, -0.05) is 0 Å². The second kappa shape index (κ2) is 7.55. The number of rotatable bonds is 4. The van der Waals surface area contributed by atoms with Crippen molar-refractivity contribution >= 4 is 23.1 Å². The quantitative estimate of drug-likeness (QED) is 0.785. The van der Waals surface area contributed by atoms with E-state index in [1.807, 2.05) is 11.8 Å². The Morgan fingerprint density at radius 2 is 1.89 bits per heavy atom. The maximum absolute atomic E-state index is 14.6. The van der Waals surface area contributed by atoms with Gasteiger partial charge in [-0.2, -0.15) is 18.2 Å². The summed E-state index contributed by atoms with van der Waals surface area (Å²) in [5.74, 6) is -1.07. The second-order valence-electron chi connectivity index (χ2n) is 6.05. The van der Waals surface area contributed by atoms with Crippen LogP contribution in [0.25, 0.3) is 0 Å². The van der Waals surface area contributed by atoms with Gasteiger partial charge in [-0.25, -0.2) is 9.37 Å². The lowest BCUT2D eigenvalue weighted by Crippen LogP contribution is -2.36. The van der Waals surface area contributed by atoms with Gasteiger partial charge in [-0.3, -0.25) is 0 Å². The molecule has 0 atom stereocenters. The summed E-state index contributed by atoms with van der Waals surface area (Å²) in [6, 6.07) is 2.98. The molecule has 2 heterocycles. The van der Waals surface area contributed by atoms with Gasteiger partial charge in [-0.15, -0.1) is 0 Å². The highest BCUT2D eigenvalue weighted by atomic mass is 19.4. The predicted molar refractivity (Wildman–Crippen MR) is 94.0 cm³/mol. The molecule has 1 saturated heterocycles. The molecule has 0 saturated carbocycles. The van der Waals surface area contributed by atoms with E-state index >= 15 is 0 Å². The molecule has 0 bridgehead atoms. The number of ether oxygens (including phenoxy) is 1. The van der Waals surface area contributed by atoms with Crippen LogP contribution in [0.5, 0.6) is 0 Å². The second-order valence-corrected chi connectivity index (χ2v) is 6.05. The number of benzene rings is 1. The number of halogens is 4. The van der Waals surface area contributed by atoms with E-state index in [-0.39, 0.29) is 17.5 Å². The van der Waals surface area contributed by atoms with E-state index < -0.39 is 17.6 Å². The standard InChI is InChI=1S/C17H19F4N5O/c1-10-7-13(12(18)8-14(10)26-3-5-27-6-4-26)24-16-23-9-11(17(19,20)21)15(22-2)25-16/h7-9H,3-6H2,1-2H3,(H2,22,23,24,25). The summed E-state index contributed by atoms with van der Waals surface area (Å²) in [5.41, 5.74) is 0.674. The predicted octanol–water partition coefficient (Wildman–Crippen LogP) is 3.56. The highest BCUT2D eigenvalue weighted by molar-refractivity contribution is 5.65. The van der Waals surface area contributed by atoms with Gasteiger partial charge < -0.3 is 20.3 Å². The third-order valence-electron chi connectivity index (χ3n) is 4.21. The number of hydrogen-bond acceptors (Lipinski definition) is 6. The first kappa shape index (κ1) is 19.2. The smallest absolute Gasteiger partial charge is 0.378 e. The summed E-state index contributed by atoms with van der Waals surface area (Å²) in [7, 11) is 1.32. The lowest BCUT2D eigenvalue weighted by molar-refractivity contribution is -0.137. The molecular formula is C17H19F4N5O. The molecule has 146 valence electrons. The number of morpholine rings is 1. The zero-order valence-corrected chi connectivity index (χ0v) is 14.8. The fourth-order valence-electron chi connectivity index (χ4n) is 2.87. The number of alkyl halides is 3. The average molecular weight is 385 g/mol. The highest BCUT2D eigenvalue weighted by Gasteiger charge is 2.35. The number of nitrogens with zero attached hydrogens (tertiary/aromatic N) is 3. The van der Waals surface area contributed by atoms with Gasteiger partial charge in [0.05, 0.1) is 18.9 Å². The zero-order chi connectivity index (χ0) is 19.6. The Morgan fingerprint density at radius 3 is 2.52 bits per heavy atom. The number of nitrogens with one attached hydrogen (secondary N) is 2.